The zero-order valence-electron chi connectivity index (χ0n) is 18.8. The number of ether oxygens (including phenoxy) is 1. The number of carboxylic acids is 1. The van der Waals surface area contributed by atoms with Crippen molar-refractivity contribution in [2.24, 2.45) is 0 Å². The summed E-state index contributed by atoms with van der Waals surface area (Å²) in [7, 11) is -4.09. The molecule has 0 amide bonds. The van der Waals surface area contributed by atoms with Gasteiger partial charge < -0.3 is 9.84 Å². The summed E-state index contributed by atoms with van der Waals surface area (Å²) in [5.41, 5.74) is 0.668. The van der Waals surface area contributed by atoms with Crippen molar-refractivity contribution in [3.05, 3.63) is 101 Å². The number of sulfonamides is 1. The number of carboxylic acid groups (broad SMARTS) is 1. The van der Waals surface area contributed by atoms with Gasteiger partial charge in [0.05, 0.1) is 0 Å². The van der Waals surface area contributed by atoms with E-state index in [1.807, 2.05) is 6.07 Å². The van der Waals surface area contributed by atoms with Gasteiger partial charge in [0.15, 0.2) is 0 Å². The minimum Gasteiger partial charge on any atom is -0.489 e. The maximum absolute atomic E-state index is 13.2. The number of pyridine rings is 1. The lowest BCUT2D eigenvalue weighted by Crippen LogP contribution is -2.44. The fourth-order valence-electron chi connectivity index (χ4n) is 4.10. The van der Waals surface area contributed by atoms with E-state index in [0.29, 0.717) is 16.3 Å². The van der Waals surface area contributed by atoms with Gasteiger partial charge in [-0.2, -0.15) is 4.72 Å². The molecule has 2 N–H and O–H groups in total. The molecule has 2 aromatic carbocycles. The Labute approximate surface area is 217 Å². The number of aliphatic carboxylic acids is 1. The number of thiophene rings is 1. The number of nitrogens with zero attached hydrogens (tertiary/aromatic N) is 1. The molecule has 2 heterocycles. The number of aromatic nitrogens is 1. The van der Waals surface area contributed by atoms with Gasteiger partial charge in [-0.25, -0.2) is 8.42 Å². The summed E-state index contributed by atoms with van der Waals surface area (Å²) < 4.78 is 35.0. The molecule has 1 aliphatic rings. The zero-order valence-corrected chi connectivity index (χ0v) is 21.2. The Hall–Kier alpha value is -3.24. The van der Waals surface area contributed by atoms with Crippen molar-refractivity contribution in [3.63, 3.8) is 0 Å². The van der Waals surface area contributed by atoms with Gasteiger partial charge in [-0.1, -0.05) is 48.0 Å². The van der Waals surface area contributed by atoms with Crippen LogP contribution in [0, 0.1) is 0 Å². The van der Waals surface area contributed by atoms with Crippen LogP contribution >= 0.6 is 22.9 Å². The highest BCUT2D eigenvalue weighted by Crippen LogP contribution is 2.55. The summed E-state index contributed by atoms with van der Waals surface area (Å²) in [6.45, 7) is 0.256. The summed E-state index contributed by atoms with van der Waals surface area (Å²) in [6.07, 6.45) is 3.47. The molecule has 0 unspecified atom stereocenters. The van der Waals surface area contributed by atoms with Gasteiger partial charge in [-0.05, 0) is 53.9 Å². The van der Waals surface area contributed by atoms with Crippen LogP contribution in [0.3, 0.4) is 0 Å². The molecule has 36 heavy (non-hydrogen) atoms. The van der Waals surface area contributed by atoms with E-state index in [2.05, 4.69) is 9.71 Å². The van der Waals surface area contributed by atoms with Gasteiger partial charge in [-0.15, -0.1) is 11.3 Å². The Kier molecular flexibility index (Phi) is 6.57. The van der Waals surface area contributed by atoms with E-state index in [-0.39, 0.29) is 17.2 Å². The summed E-state index contributed by atoms with van der Waals surface area (Å²) in [6, 6.07) is 21.0. The molecule has 0 bridgehead atoms. The fraction of sp³-hybridized carbons (Fsp3) is 0.154. The molecule has 0 saturated heterocycles. The second-order valence-corrected chi connectivity index (χ2v) is 11.9. The van der Waals surface area contributed by atoms with Crippen LogP contribution in [0.15, 0.2) is 89.4 Å². The standard InChI is InChI=1S/C26H21ClN2O5S2/c27-19-9-7-18(8-10-19)23-11-12-24(35-23)36(32,33)29-26(25(30)31)14-21(26)20-5-1-2-6-22(20)34-16-17-4-3-13-28-15-17/h1-13,15,21,29H,14,16H2,(H,30,31)/t21-,26+/m0/s1. The number of nitrogens with one attached hydrogen (secondary N) is 1. The molecule has 10 heteroatoms. The summed E-state index contributed by atoms with van der Waals surface area (Å²) in [5, 5.41) is 10.6. The fourth-order valence-corrected chi connectivity index (χ4v) is 6.94. The average molecular weight is 541 g/mol. The van der Waals surface area contributed by atoms with Crippen molar-refractivity contribution in [2.75, 3.05) is 0 Å². The van der Waals surface area contributed by atoms with Gasteiger partial charge in [0.1, 0.15) is 22.1 Å². The Balaban J connectivity index is 1.37. The highest BCUT2D eigenvalue weighted by molar-refractivity contribution is 7.91. The number of benzene rings is 2. The van der Waals surface area contributed by atoms with Crippen molar-refractivity contribution in [1.29, 1.82) is 0 Å². The molecule has 184 valence electrons. The van der Waals surface area contributed by atoms with Crippen LogP contribution in [0.5, 0.6) is 5.75 Å². The zero-order chi connectivity index (χ0) is 25.3. The highest BCUT2D eigenvalue weighted by Gasteiger charge is 2.64. The number of halogens is 1. The third-order valence-corrected chi connectivity index (χ3v) is 9.43. The van der Waals surface area contributed by atoms with Crippen LogP contribution < -0.4 is 9.46 Å². The van der Waals surface area contributed by atoms with Crippen LogP contribution in [0.1, 0.15) is 23.5 Å². The van der Waals surface area contributed by atoms with Crippen molar-refractivity contribution in [1.82, 2.24) is 9.71 Å². The normalized spacial score (nSPS) is 19.1. The van der Waals surface area contributed by atoms with E-state index in [0.717, 1.165) is 27.3 Å². The molecule has 0 radical (unpaired) electrons. The topological polar surface area (TPSA) is 106 Å². The SMILES string of the molecule is O=C(O)[C@@]1(NS(=O)(=O)c2ccc(-c3ccc(Cl)cc3)s2)C[C@H]1c1ccccc1OCc1cccnc1. The molecule has 0 spiro atoms. The first kappa shape index (κ1) is 24.5. The van der Waals surface area contributed by atoms with E-state index in [1.165, 1.54) is 6.07 Å². The number of hydrogen-bond donors (Lipinski definition) is 2. The number of rotatable bonds is 9. The first-order valence-electron chi connectivity index (χ1n) is 11.0. The molecular weight excluding hydrogens is 520 g/mol. The molecule has 7 nitrogen and oxygen atoms in total. The van der Waals surface area contributed by atoms with Crippen LogP contribution in [-0.2, 0) is 21.4 Å². The largest absolute Gasteiger partial charge is 0.489 e. The molecule has 1 fully saturated rings. The minimum absolute atomic E-state index is 0.0415. The van der Waals surface area contributed by atoms with Crippen LogP contribution in [0.4, 0.5) is 0 Å². The predicted octanol–water partition coefficient (Wildman–Crippen LogP) is 5.33. The van der Waals surface area contributed by atoms with Crippen LogP contribution in [-0.4, -0.2) is 30.0 Å². The number of carbonyl (C=O) groups is 1. The van der Waals surface area contributed by atoms with Gasteiger partial charge in [-0.3, -0.25) is 9.78 Å². The second kappa shape index (κ2) is 9.67. The molecule has 2 aromatic heterocycles. The smallest absolute Gasteiger partial charge is 0.325 e. The third-order valence-electron chi connectivity index (χ3n) is 6.05. The number of hydrogen-bond acceptors (Lipinski definition) is 6. The molecule has 1 saturated carbocycles. The molecule has 4 aromatic rings. The van der Waals surface area contributed by atoms with Crippen molar-refractivity contribution < 1.29 is 23.1 Å². The molecular formula is C26H21ClN2O5S2. The van der Waals surface area contributed by atoms with E-state index in [1.54, 1.807) is 73.1 Å². The maximum atomic E-state index is 13.2. The lowest BCUT2D eigenvalue weighted by molar-refractivity contribution is -0.140. The Bertz CT molecular complexity index is 1510. The average Bonchev–Trinajstić information content (AvgIpc) is 3.36. The van der Waals surface area contributed by atoms with E-state index < -0.39 is 27.4 Å². The van der Waals surface area contributed by atoms with E-state index >= 15 is 0 Å². The molecule has 0 aliphatic heterocycles. The van der Waals surface area contributed by atoms with Gasteiger partial charge in [0.2, 0.25) is 0 Å². The highest BCUT2D eigenvalue weighted by atomic mass is 35.5. The lowest BCUT2D eigenvalue weighted by Gasteiger charge is -2.17. The summed E-state index contributed by atoms with van der Waals surface area (Å²) in [5.74, 6) is -1.30. The monoisotopic (exact) mass is 540 g/mol. The van der Waals surface area contributed by atoms with Crippen LogP contribution in [0.25, 0.3) is 10.4 Å². The molecule has 2 atom stereocenters. The molecule has 1 aliphatic carbocycles. The van der Waals surface area contributed by atoms with Crippen molar-refractivity contribution in [2.45, 2.75) is 28.7 Å². The van der Waals surface area contributed by atoms with E-state index in [9.17, 15) is 18.3 Å². The van der Waals surface area contributed by atoms with Crippen molar-refractivity contribution >= 4 is 38.9 Å². The van der Waals surface area contributed by atoms with Gasteiger partial charge >= 0.3 is 5.97 Å². The first-order valence-corrected chi connectivity index (χ1v) is 13.7. The Morgan fingerprint density at radius 3 is 2.61 bits per heavy atom. The van der Waals surface area contributed by atoms with E-state index in [4.69, 9.17) is 16.3 Å². The first-order chi connectivity index (χ1) is 17.3. The quantitative estimate of drug-likeness (QED) is 0.297. The Morgan fingerprint density at radius 1 is 1.11 bits per heavy atom. The minimum atomic E-state index is -4.09. The van der Waals surface area contributed by atoms with Crippen LogP contribution in [0.2, 0.25) is 5.02 Å². The Morgan fingerprint density at radius 2 is 1.89 bits per heavy atom. The van der Waals surface area contributed by atoms with Gasteiger partial charge in [0.25, 0.3) is 10.0 Å². The predicted molar refractivity (Wildman–Crippen MR) is 138 cm³/mol. The summed E-state index contributed by atoms with van der Waals surface area (Å²) >= 11 is 7.01. The summed E-state index contributed by atoms with van der Waals surface area (Å²) in [4.78, 5) is 17.1. The third kappa shape index (κ3) is 4.87. The number of para-hydroxylation sites is 1. The van der Waals surface area contributed by atoms with Gasteiger partial charge in [0, 0.05) is 33.8 Å². The molecule has 5 rings (SSSR count). The second-order valence-electron chi connectivity index (χ2n) is 8.45. The maximum Gasteiger partial charge on any atom is 0.325 e. The lowest BCUT2D eigenvalue weighted by atomic mass is 10.1. The van der Waals surface area contributed by atoms with Crippen molar-refractivity contribution in [3.8, 4) is 16.2 Å².